The van der Waals surface area contributed by atoms with Crippen LogP contribution >= 0.6 is 22.6 Å². The number of fused-ring (bicyclic) bond motifs is 1. The van der Waals surface area contributed by atoms with Crippen LogP contribution in [0.5, 0.6) is 0 Å². The molecular weight excluding hydrogens is 335 g/mol. The van der Waals surface area contributed by atoms with Crippen molar-refractivity contribution >= 4 is 28.4 Å². The van der Waals surface area contributed by atoms with Gasteiger partial charge in [0, 0.05) is 15.1 Å². The first-order chi connectivity index (χ1) is 8.74. The molecule has 0 atom stereocenters. The van der Waals surface area contributed by atoms with Crippen LogP contribution in [-0.4, -0.2) is 5.78 Å². The third-order valence-corrected chi connectivity index (χ3v) is 4.27. The van der Waals surface area contributed by atoms with Gasteiger partial charge in [0.25, 0.3) is 0 Å². The Morgan fingerprint density at radius 2 is 1.50 bits per heavy atom. The van der Waals surface area contributed by atoms with Crippen molar-refractivity contribution in [3.8, 4) is 0 Å². The molecule has 0 saturated carbocycles. The monoisotopic (exact) mass is 348 g/mol. The number of carbonyl (C=O) groups excluding carboxylic acids is 1. The van der Waals surface area contributed by atoms with E-state index in [1.807, 2.05) is 24.3 Å². The van der Waals surface area contributed by atoms with Crippen molar-refractivity contribution in [3.63, 3.8) is 0 Å². The van der Waals surface area contributed by atoms with Crippen molar-refractivity contribution in [3.05, 3.63) is 68.8 Å². The molecule has 0 bridgehead atoms. The predicted octanol–water partition coefficient (Wildman–Crippen LogP) is 3.89. The lowest BCUT2D eigenvalue weighted by Gasteiger charge is -2.07. The summed E-state index contributed by atoms with van der Waals surface area (Å²) in [6.45, 7) is 0. The zero-order valence-electron chi connectivity index (χ0n) is 9.90. The van der Waals surface area contributed by atoms with E-state index in [9.17, 15) is 4.79 Å². The van der Waals surface area contributed by atoms with Crippen LogP contribution in [0.25, 0.3) is 0 Å². The van der Waals surface area contributed by atoms with Crippen molar-refractivity contribution in [2.75, 3.05) is 0 Å². The van der Waals surface area contributed by atoms with E-state index in [1.54, 1.807) is 0 Å². The molecule has 0 heterocycles. The molecule has 0 spiro atoms. The molecule has 0 aromatic heterocycles. The number of hydrogen-bond donors (Lipinski definition) is 0. The molecular formula is C16H13IO. The van der Waals surface area contributed by atoms with Crippen LogP contribution < -0.4 is 0 Å². The highest BCUT2D eigenvalue weighted by molar-refractivity contribution is 14.1. The lowest BCUT2D eigenvalue weighted by molar-refractivity contribution is 0.0924. The van der Waals surface area contributed by atoms with Crippen LogP contribution in [0.15, 0.2) is 48.5 Å². The summed E-state index contributed by atoms with van der Waals surface area (Å²) in [5, 5.41) is 0. The summed E-state index contributed by atoms with van der Waals surface area (Å²) in [7, 11) is 0. The quantitative estimate of drug-likeness (QED) is 0.595. The minimum atomic E-state index is 0.127. The summed E-state index contributed by atoms with van der Waals surface area (Å²) in [5.41, 5.74) is 3.51. The average Bonchev–Trinajstić information content (AvgIpc) is 2.82. The van der Waals surface area contributed by atoms with Crippen LogP contribution in [0.3, 0.4) is 0 Å². The van der Waals surface area contributed by atoms with Crippen LogP contribution in [0.4, 0.5) is 0 Å². The lowest BCUT2D eigenvalue weighted by Crippen LogP contribution is -2.14. The summed E-state index contributed by atoms with van der Waals surface area (Å²) in [5.74, 6) is 0.407. The minimum Gasteiger partial charge on any atom is -0.294 e. The highest BCUT2D eigenvalue weighted by atomic mass is 127. The number of hydrogen-bond acceptors (Lipinski definition) is 1. The number of rotatable bonds is 2. The van der Waals surface area contributed by atoms with Crippen molar-refractivity contribution in [1.82, 2.24) is 0 Å². The smallest absolute Gasteiger partial charge is 0.166 e. The van der Waals surface area contributed by atoms with E-state index in [2.05, 4.69) is 46.9 Å². The van der Waals surface area contributed by atoms with Gasteiger partial charge in [-0.2, -0.15) is 0 Å². The second-order valence-electron chi connectivity index (χ2n) is 4.75. The molecule has 1 aliphatic rings. The first kappa shape index (κ1) is 11.9. The Morgan fingerprint density at radius 1 is 0.944 bits per heavy atom. The van der Waals surface area contributed by atoms with E-state index in [0.29, 0.717) is 0 Å². The van der Waals surface area contributed by atoms with E-state index in [0.717, 1.165) is 18.4 Å². The second-order valence-corrected chi connectivity index (χ2v) is 5.99. The molecule has 3 rings (SSSR count). The Labute approximate surface area is 120 Å². The lowest BCUT2D eigenvalue weighted by atomic mass is 9.95. The van der Waals surface area contributed by atoms with E-state index in [1.165, 1.54) is 14.7 Å². The van der Waals surface area contributed by atoms with Gasteiger partial charge in [0.15, 0.2) is 5.78 Å². The molecule has 18 heavy (non-hydrogen) atoms. The Balaban J connectivity index is 1.82. The number of halogens is 1. The fraction of sp³-hybridized carbons (Fsp3) is 0.188. The molecule has 0 saturated heterocycles. The first-order valence-electron chi connectivity index (χ1n) is 6.10. The Morgan fingerprint density at radius 3 is 2.06 bits per heavy atom. The SMILES string of the molecule is O=C(c1ccc(I)cc1)C1Cc2ccccc2C1. The van der Waals surface area contributed by atoms with Gasteiger partial charge in [0.2, 0.25) is 0 Å². The minimum absolute atomic E-state index is 0.127. The van der Waals surface area contributed by atoms with Gasteiger partial charge in [-0.15, -0.1) is 0 Å². The fourth-order valence-corrected chi connectivity index (χ4v) is 2.95. The summed E-state index contributed by atoms with van der Waals surface area (Å²) in [4.78, 5) is 12.4. The number of Topliss-reactive ketones (excluding diaryl/α,β-unsaturated/α-hetero) is 1. The Kier molecular flexibility index (Phi) is 3.20. The van der Waals surface area contributed by atoms with Crippen molar-refractivity contribution < 1.29 is 4.79 Å². The normalized spacial score (nSPS) is 14.5. The highest BCUT2D eigenvalue weighted by Gasteiger charge is 2.27. The van der Waals surface area contributed by atoms with Crippen LogP contribution in [0.2, 0.25) is 0 Å². The van der Waals surface area contributed by atoms with Gasteiger partial charge in [0.05, 0.1) is 0 Å². The van der Waals surface area contributed by atoms with E-state index < -0.39 is 0 Å². The van der Waals surface area contributed by atoms with E-state index >= 15 is 0 Å². The summed E-state index contributed by atoms with van der Waals surface area (Å²) >= 11 is 2.26. The molecule has 0 aliphatic heterocycles. The average molecular weight is 348 g/mol. The third kappa shape index (κ3) is 2.21. The van der Waals surface area contributed by atoms with Gasteiger partial charge in [0.1, 0.15) is 0 Å². The topological polar surface area (TPSA) is 17.1 Å². The van der Waals surface area contributed by atoms with E-state index in [-0.39, 0.29) is 11.7 Å². The predicted molar refractivity (Wildman–Crippen MR) is 80.8 cm³/mol. The molecule has 0 unspecified atom stereocenters. The molecule has 1 nitrogen and oxygen atoms in total. The highest BCUT2D eigenvalue weighted by Crippen LogP contribution is 2.29. The summed E-state index contributed by atoms with van der Waals surface area (Å²) in [6, 6.07) is 16.2. The Bertz CT molecular complexity index is 561. The molecule has 0 N–H and O–H groups in total. The summed E-state index contributed by atoms with van der Waals surface area (Å²) < 4.78 is 1.17. The molecule has 0 radical (unpaired) electrons. The molecule has 2 heteroatoms. The van der Waals surface area contributed by atoms with Gasteiger partial charge >= 0.3 is 0 Å². The molecule has 90 valence electrons. The first-order valence-corrected chi connectivity index (χ1v) is 7.18. The maximum atomic E-state index is 12.4. The maximum Gasteiger partial charge on any atom is 0.166 e. The maximum absolute atomic E-state index is 12.4. The molecule has 1 aliphatic carbocycles. The molecule has 0 fully saturated rings. The van der Waals surface area contributed by atoms with Crippen LogP contribution in [0.1, 0.15) is 21.5 Å². The molecule has 0 amide bonds. The molecule has 2 aromatic carbocycles. The number of ketones is 1. The number of carbonyl (C=O) groups is 1. The van der Waals surface area contributed by atoms with Crippen LogP contribution in [-0.2, 0) is 12.8 Å². The standard InChI is InChI=1S/C16H13IO/c17-15-7-5-11(6-8-15)16(18)14-9-12-3-1-2-4-13(12)10-14/h1-8,14H,9-10H2. The third-order valence-electron chi connectivity index (χ3n) is 3.55. The Hall–Kier alpha value is -1.16. The number of benzene rings is 2. The van der Waals surface area contributed by atoms with Crippen molar-refractivity contribution in [2.45, 2.75) is 12.8 Å². The fourth-order valence-electron chi connectivity index (χ4n) is 2.59. The van der Waals surface area contributed by atoms with Gasteiger partial charge in [-0.3, -0.25) is 4.79 Å². The second kappa shape index (κ2) is 4.84. The van der Waals surface area contributed by atoms with Gasteiger partial charge in [-0.1, -0.05) is 36.4 Å². The van der Waals surface area contributed by atoms with Gasteiger partial charge in [-0.05, 0) is 58.7 Å². The van der Waals surface area contributed by atoms with E-state index in [4.69, 9.17) is 0 Å². The van der Waals surface area contributed by atoms with Crippen molar-refractivity contribution in [1.29, 1.82) is 0 Å². The largest absolute Gasteiger partial charge is 0.294 e. The zero-order chi connectivity index (χ0) is 12.5. The summed E-state index contributed by atoms with van der Waals surface area (Å²) in [6.07, 6.45) is 1.78. The van der Waals surface area contributed by atoms with Gasteiger partial charge in [-0.25, -0.2) is 0 Å². The van der Waals surface area contributed by atoms with Gasteiger partial charge < -0.3 is 0 Å². The van der Waals surface area contributed by atoms with Crippen LogP contribution in [0, 0.1) is 9.49 Å². The zero-order valence-corrected chi connectivity index (χ0v) is 12.1. The van der Waals surface area contributed by atoms with Crippen molar-refractivity contribution in [2.24, 2.45) is 5.92 Å². The molecule has 2 aromatic rings.